The largest absolute Gasteiger partial charge is 0.508 e. The third kappa shape index (κ3) is 11.0. The second-order valence-electron chi connectivity index (χ2n) is 22.9. The van der Waals surface area contributed by atoms with Crippen LogP contribution in [0.4, 0.5) is 0 Å². The summed E-state index contributed by atoms with van der Waals surface area (Å²) in [6.45, 7) is 9.77. The molecular weight excluding hydrogens is 809 g/mol. The van der Waals surface area contributed by atoms with Crippen molar-refractivity contribution in [2.24, 2.45) is 46.3 Å². The van der Waals surface area contributed by atoms with Crippen LogP contribution in [-0.4, -0.2) is 47.6 Å². The molecule has 2 aromatic rings. The van der Waals surface area contributed by atoms with Crippen LogP contribution in [0.1, 0.15) is 216 Å². The lowest BCUT2D eigenvalue weighted by Crippen LogP contribution is -2.48. The maximum absolute atomic E-state index is 12.0. The van der Waals surface area contributed by atoms with E-state index in [1.807, 2.05) is 24.3 Å². The van der Waals surface area contributed by atoms with E-state index < -0.39 is 0 Å². The zero-order valence-electron chi connectivity index (χ0n) is 41.0. The van der Waals surface area contributed by atoms with Crippen molar-refractivity contribution in [3.8, 4) is 11.5 Å². The molecule has 0 spiro atoms. The minimum absolute atomic E-state index is 0.0587. The van der Waals surface area contributed by atoms with Crippen molar-refractivity contribution in [2.75, 3.05) is 13.2 Å². The molecule has 7 nitrogen and oxygen atoms in total. The number of unbranched alkanes of at least 4 members (excludes halogenated alkanes) is 12. The Balaban J connectivity index is 0.660. The number of hydrogen-bond donors (Lipinski definition) is 2. The predicted molar refractivity (Wildman–Crippen MR) is 259 cm³/mol. The fourth-order valence-electron chi connectivity index (χ4n) is 15.9. The van der Waals surface area contributed by atoms with Crippen LogP contribution < -0.4 is 0 Å². The van der Waals surface area contributed by atoms with Gasteiger partial charge in [0.2, 0.25) is 0 Å². The molecule has 0 radical (unpaired) electrons. The SMILES string of the molecule is CC(=O)O[C@H]1CC[C@H]2[C@@H]3[C@H](CCCCCCCCCOCCCCCCCCC[C@@H]4Cc5cc(O)ccc5[C@H]5CC[C@]6(C)[C@@H](OC(C)=O)CC[C@H]6[C@H]45)Cc4cc(O)ccc4[C@H]3CC[C@]12C. The van der Waals surface area contributed by atoms with E-state index >= 15 is 0 Å². The molecule has 6 aliphatic carbocycles. The van der Waals surface area contributed by atoms with Gasteiger partial charge in [0, 0.05) is 37.9 Å². The lowest BCUT2D eigenvalue weighted by atomic mass is 9.52. The molecule has 2 N–H and O–H groups in total. The number of fused-ring (bicyclic) bond motifs is 10. The van der Waals surface area contributed by atoms with E-state index in [0.29, 0.717) is 58.8 Å². The highest BCUT2D eigenvalue weighted by molar-refractivity contribution is 5.66. The van der Waals surface area contributed by atoms with Crippen LogP contribution in [0, 0.1) is 46.3 Å². The first-order valence-corrected chi connectivity index (χ1v) is 27.0. The summed E-state index contributed by atoms with van der Waals surface area (Å²) in [5, 5.41) is 20.7. The fraction of sp³-hybridized carbons (Fsp3) is 0.759. The first-order chi connectivity index (χ1) is 31.5. The molecule has 12 atom stereocenters. The van der Waals surface area contributed by atoms with E-state index in [1.165, 1.54) is 138 Å². The molecule has 0 saturated heterocycles. The molecule has 65 heavy (non-hydrogen) atoms. The number of ether oxygens (including phenoxy) is 3. The summed E-state index contributed by atoms with van der Waals surface area (Å²) in [5.74, 6) is 5.44. The summed E-state index contributed by atoms with van der Waals surface area (Å²) < 4.78 is 17.9. The van der Waals surface area contributed by atoms with Gasteiger partial charge in [0.05, 0.1) is 0 Å². The van der Waals surface area contributed by atoms with Crippen molar-refractivity contribution in [1.29, 1.82) is 0 Å². The summed E-state index contributed by atoms with van der Waals surface area (Å²) >= 11 is 0. The molecule has 4 fully saturated rings. The summed E-state index contributed by atoms with van der Waals surface area (Å²) in [4.78, 5) is 24.0. The van der Waals surface area contributed by atoms with Gasteiger partial charge >= 0.3 is 11.9 Å². The lowest BCUT2D eigenvalue weighted by molar-refractivity contribution is -0.156. The fourth-order valence-corrected chi connectivity index (χ4v) is 15.9. The smallest absolute Gasteiger partial charge is 0.302 e. The standard InChI is InChI=1S/C58H86O7/c1-39(59)64-53-27-25-51-55-41(35-43-37-45(61)21-23-47(43)49(55)29-31-57(51,53)3)19-15-11-7-5-9-13-17-33-63-34-18-14-10-6-8-12-16-20-42-36-44-38-46(62)22-24-48(44)50-30-32-58(4)52(56(42)50)26-28-54(58)65-40(2)60/h21-24,37-38,41-42,49-56,61-62H,5-20,25-36H2,1-4H3/t41-,42-,49-,50-,51+,52+,53+,54+,55-,56-,57+,58+/m1/s1. The van der Waals surface area contributed by atoms with E-state index in [9.17, 15) is 19.8 Å². The van der Waals surface area contributed by atoms with Crippen molar-refractivity contribution < 1.29 is 34.0 Å². The Morgan fingerprint density at radius 1 is 0.538 bits per heavy atom. The van der Waals surface area contributed by atoms with Gasteiger partial charge in [-0.05, 0) is 184 Å². The minimum atomic E-state index is -0.132. The number of carbonyl (C=O) groups excluding carboxylic acids is 2. The number of phenols is 2. The molecule has 4 saturated carbocycles. The average Bonchev–Trinajstić information content (AvgIpc) is 3.78. The van der Waals surface area contributed by atoms with Gasteiger partial charge in [-0.2, -0.15) is 0 Å². The highest BCUT2D eigenvalue weighted by atomic mass is 16.5. The Kier molecular flexibility index (Phi) is 16.3. The zero-order chi connectivity index (χ0) is 45.6. The van der Waals surface area contributed by atoms with Gasteiger partial charge in [0.1, 0.15) is 23.7 Å². The molecular formula is C58H86O7. The van der Waals surface area contributed by atoms with E-state index in [1.54, 1.807) is 13.8 Å². The topological polar surface area (TPSA) is 102 Å². The van der Waals surface area contributed by atoms with E-state index in [4.69, 9.17) is 14.2 Å². The molecule has 0 aliphatic heterocycles. The second-order valence-corrected chi connectivity index (χ2v) is 22.9. The highest BCUT2D eigenvalue weighted by Crippen LogP contribution is 2.65. The van der Waals surface area contributed by atoms with Gasteiger partial charge in [-0.3, -0.25) is 9.59 Å². The first kappa shape index (κ1) is 48.4. The summed E-state index contributed by atoms with van der Waals surface area (Å²) in [6.07, 6.45) is 31.6. The Hall–Kier alpha value is -3.06. The number of esters is 2. The van der Waals surface area contributed by atoms with Gasteiger partial charge in [0.15, 0.2) is 0 Å². The maximum Gasteiger partial charge on any atom is 0.302 e. The molecule has 0 heterocycles. The highest BCUT2D eigenvalue weighted by Gasteiger charge is 2.59. The second kappa shape index (κ2) is 21.9. The molecule has 0 amide bonds. The minimum Gasteiger partial charge on any atom is -0.508 e. The number of phenolic OH excluding ortho intramolecular Hbond substituents is 2. The zero-order valence-corrected chi connectivity index (χ0v) is 41.0. The van der Waals surface area contributed by atoms with Crippen molar-refractivity contribution in [1.82, 2.24) is 0 Å². The summed E-state index contributed by atoms with van der Waals surface area (Å²) in [7, 11) is 0. The molecule has 0 unspecified atom stereocenters. The predicted octanol–water partition coefficient (Wildman–Crippen LogP) is 14.1. The molecule has 7 heteroatoms. The maximum atomic E-state index is 12.0. The van der Waals surface area contributed by atoms with E-state index in [2.05, 4.69) is 26.0 Å². The number of rotatable bonds is 22. The van der Waals surface area contributed by atoms with Crippen molar-refractivity contribution >= 4 is 11.9 Å². The van der Waals surface area contributed by atoms with Gasteiger partial charge in [0.25, 0.3) is 0 Å². The molecule has 2 aromatic carbocycles. The Labute approximate surface area is 392 Å². The molecule has 0 bridgehead atoms. The van der Waals surface area contributed by atoms with Crippen LogP contribution in [-0.2, 0) is 36.6 Å². The van der Waals surface area contributed by atoms with Crippen molar-refractivity contribution in [2.45, 2.75) is 219 Å². The number of aromatic hydroxyl groups is 2. The van der Waals surface area contributed by atoms with Gasteiger partial charge < -0.3 is 24.4 Å². The third-order valence-electron chi connectivity index (χ3n) is 18.9. The van der Waals surface area contributed by atoms with Gasteiger partial charge in [-0.25, -0.2) is 0 Å². The molecule has 6 aliphatic rings. The van der Waals surface area contributed by atoms with Gasteiger partial charge in [-0.1, -0.05) is 103 Å². The van der Waals surface area contributed by atoms with Crippen LogP contribution in [0.25, 0.3) is 0 Å². The monoisotopic (exact) mass is 895 g/mol. The lowest BCUT2D eigenvalue weighted by Gasteiger charge is -2.53. The summed E-state index contributed by atoms with van der Waals surface area (Å²) in [6, 6.07) is 12.3. The van der Waals surface area contributed by atoms with Crippen molar-refractivity contribution in [3.63, 3.8) is 0 Å². The van der Waals surface area contributed by atoms with Crippen LogP contribution in [0.2, 0.25) is 0 Å². The average molecular weight is 895 g/mol. The third-order valence-corrected chi connectivity index (χ3v) is 18.9. The van der Waals surface area contributed by atoms with Crippen LogP contribution in [0.5, 0.6) is 11.5 Å². The Morgan fingerprint density at radius 2 is 0.923 bits per heavy atom. The number of hydrogen-bond acceptors (Lipinski definition) is 7. The van der Waals surface area contributed by atoms with E-state index in [-0.39, 0.29) is 35.0 Å². The normalized spacial score (nSPS) is 33.2. The Morgan fingerprint density at radius 3 is 1.32 bits per heavy atom. The summed E-state index contributed by atoms with van der Waals surface area (Å²) in [5.41, 5.74) is 5.87. The molecule has 8 rings (SSSR count). The number of carbonyl (C=O) groups is 2. The molecule has 360 valence electrons. The first-order valence-electron chi connectivity index (χ1n) is 27.0. The Bertz CT molecular complexity index is 1760. The van der Waals surface area contributed by atoms with Crippen molar-refractivity contribution in [3.05, 3.63) is 58.7 Å². The van der Waals surface area contributed by atoms with Crippen LogP contribution in [0.3, 0.4) is 0 Å². The van der Waals surface area contributed by atoms with Crippen LogP contribution >= 0.6 is 0 Å². The number of benzene rings is 2. The molecule has 0 aromatic heterocycles. The quantitative estimate of drug-likeness (QED) is 0.0896. The van der Waals surface area contributed by atoms with Gasteiger partial charge in [-0.15, -0.1) is 0 Å². The van der Waals surface area contributed by atoms with E-state index in [0.717, 1.165) is 64.6 Å². The van der Waals surface area contributed by atoms with Crippen LogP contribution in [0.15, 0.2) is 36.4 Å².